The van der Waals surface area contributed by atoms with Crippen molar-refractivity contribution in [3.8, 4) is 56.4 Å². The van der Waals surface area contributed by atoms with E-state index in [1.54, 1.807) is 0 Å². The van der Waals surface area contributed by atoms with Crippen LogP contribution in [-0.2, 0) is 0 Å². The molecule has 4 nitrogen and oxygen atoms in total. The Kier molecular flexibility index (Phi) is 7.14. The molecule has 0 radical (unpaired) electrons. The summed E-state index contributed by atoms with van der Waals surface area (Å²) in [6.45, 7) is 0. The van der Waals surface area contributed by atoms with Crippen LogP contribution in [0.15, 0.2) is 192 Å². The molecule has 9 aromatic carbocycles. The van der Waals surface area contributed by atoms with Gasteiger partial charge in [0.2, 0.25) is 0 Å². The molecule has 0 saturated carbocycles. The molecule has 11 aromatic rings. The minimum absolute atomic E-state index is 0.588. The first-order chi connectivity index (χ1) is 27.2. The Bertz CT molecular complexity index is 3250. The van der Waals surface area contributed by atoms with E-state index in [-0.39, 0.29) is 0 Å². The Morgan fingerprint density at radius 3 is 1.65 bits per heavy atom. The Morgan fingerprint density at radius 1 is 0.291 bits per heavy atom. The summed E-state index contributed by atoms with van der Waals surface area (Å²) in [4.78, 5) is 15.6. The van der Waals surface area contributed by atoms with Gasteiger partial charge in [-0.15, -0.1) is 0 Å². The van der Waals surface area contributed by atoms with Crippen molar-refractivity contribution in [2.24, 2.45) is 0 Å². The molecule has 0 saturated heterocycles. The number of hydrogen-bond donors (Lipinski definition) is 0. The molecule has 2 aromatic heterocycles. The highest BCUT2D eigenvalue weighted by molar-refractivity contribution is 6.16. The molecule has 0 amide bonds. The number of aromatic nitrogens is 3. The van der Waals surface area contributed by atoms with E-state index in [4.69, 9.17) is 19.4 Å². The van der Waals surface area contributed by atoms with Crippen molar-refractivity contribution in [1.29, 1.82) is 0 Å². The number of benzene rings is 9. The summed E-state index contributed by atoms with van der Waals surface area (Å²) < 4.78 is 6.74. The van der Waals surface area contributed by atoms with Gasteiger partial charge in [-0.1, -0.05) is 158 Å². The second-order valence-electron chi connectivity index (χ2n) is 14.0. The molecule has 0 aliphatic rings. The van der Waals surface area contributed by atoms with Crippen molar-refractivity contribution >= 4 is 54.3 Å². The minimum Gasteiger partial charge on any atom is -0.456 e. The van der Waals surface area contributed by atoms with Crippen LogP contribution >= 0.6 is 0 Å². The molecule has 0 N–H and O–H groups in total. The van der Waals surface area contributed by atoms with E-state index in [2.05, 4.69) is 158 Å². The zero-order chi connectivity index (χ0) is 36.3. The number of fused-ring (bicyclic) bond motifs is 6. The Hall–Kier alpha value is -7.43. The molecule has 0 aliphatic heterocycles. The maximum Gasteiger partial charge on any atom is 0.164 e. The Balaban J connectivity index is 1.15. The highest BCUT2D eigenvalue weighted by Crippen LogP contribution is 2.42. The van der Waals surface area contributed by atoms with Crippen LogP contribution in [0.1, 0.15) is 0 Å². The van der Waals surface area contributed by atoms with E-state index in [0.717, 1.165) is 66.1 Å². The van der Waals surface area contributed by atoms with E-state index in [9.17, 15) is 0 Å². The predicted octanol–water partition coefficient (Wildman–Crippen LogP) is 13.6. The molecule has 0 aliphatic carbocycles. The second-order valence-corrected chi connectivity index (χ2v) is 14.0. The molecule has 55 heavy (non-hydrogen) atoms. The highest BCUT2D eigenvalue weighted by atomic mass is 16.3. The van der Waals surface area contributed by atoms with E-state index >= 15 is 0 Å². The number of rotatable bonds is 5. The predicted molar refractivity (Wildman–Crippen MR) is 227 cm³/mol. The first-order valence-electron chi connectivity index (χ1n) is 18.5. The molecule has 0 atom stereocenters. The lowest BCUT2D eigenvalue weighted by molar-refractivity contribution is 0.669. The summed E-state index contributed by atoms with van der Waals surface area (Å²) in [6, 6.07) is 65.8. The molecular formula is C51H31N3O. The number of nitrogens with zero attached hydrogens (tertiary/aromatic N) is 3. The zero-order valence-electron chi connectivity index (χ0n) is 29.6. The lowest BCUT2D eigenvalue weighted by Gasteiger charge is -2.12. The van der Waals surface area contributed by atoms with Crippen molar-refractivity contribution in [3.63, 3.8) is 0 Å². The normalized spacial score (nSPS) is 11.6. The average Bonchev–Trinajstić information content (AvgIpc) is 3.62. The maximum atomic E-state index is 6.74. The molecule has 0 bridgehead atoms. The van der Waals surface area contributed by atoms with Gasteiger partial charge >= 0.3 is 0 Å². The van der Waals surface area contributed by atoms with Gasteiger partial charge in [-0.25, -0.2) is 15.0 Å². The van der Waals surface area contributed by atoms with Gasteiger partial charge in [0.05, 0.1) is 0 Å². The number of furan rings is 1. The fraction of sp³-hybridized carbons (Fsp3) is 0. The standard InChI is InChI=1S/C51H31N3O/c1-2-13-35(14-3-1)49-52-50(36-24-21-33(22-25-36)40-26-23-32-11-4-5-15-37(32)27-40)54-51(53-49)45-29-41(43-20-10-18-34-12-8-9-19-42(34)43)31-47-48(45)44-28-38-16-6-7-17-39(38)30-46(44)55-47/h1-31H. The summed E-state index contributed by atoms with van der Waals surface area (Å²) in [7, 11) is 0. The Labute approximate surface area is 317 Å². The van der Waals surface area contributed by atoms with Crippen molar-refractivity contribution in [1.82, 2.24) is 15.0 Å². The summed E-state index contributed by atoms with van der Waals surface area (Å²) in [5.41, 5.74) is 8.79. The zero-order valence-corrected chi connectivity index (χ0v) is 29.6. The molecular weight excluding hydrogens is 671 g/mol. The van der Waals surface area contributed by atoms with Crippen LogP contribution in [0.3, 0.4) is 0 Å². The van der Waals surface area contributed by atoms with Crippen molar-refractivity contribution < 1.29 is 4.42 Å². The lowest BCUT2D eigenvalue weighted by atomic mass is 9.94. The van der Waals surface area contributed by atoms with Crippen LogP contribution in [-0.4, -0.2) is 15.0 Å². The molecule has 4 heteroatoms. The van der Waals surface area contributed by atoms with E-state index in [0.29, 0.717) is 17.5 Å². The van der Waals surface area contributed by atoms with E-state index in [1.165, 1.54) is 27.1 Å². The van der Waals surface area contributed by atoms with Gasteiger partial charge in [0.1, 0.15) is 11.2 Å². The summed E-state index contributed by atoms with van der Waals surface area (Å²) >= 11 is 0. The first kappa shape index (κ1) is 31.1. The van der Waals surface area contributed by atoms with Gasteiger partial charge < -0.3 is 4.42 Å². The minimum atomic E-state index is 0.588. The summed E-state index contributed by atoms with van der Waals surface area (Å²) in [6.07, 6.45) is 0. The lowest BCUT2D eigenvalue weighted by Crippen LogP contribution is -2.00. The monoisotopic (exact) mass is 701 g/mol. The van der Waals surface area contributed by atoms with Crippen LogP contribution in [0.4, 0.5) is 0 Å². The van der Waals surface area contributed by atoms with Crippen molar-refractivity contribution in [2.45, 2.75) is 0 Å². The molecule has 0 unspecified atom stereocenters. The summed E-state index contributed by atoms with van der Waals surface area (Å²) in [5.74, 6) is 1.81. The first-order valence-corrected chi connectivity index (χ1v) is 18.5. The van der Waals surface area contributed by atoms with Gasteiger partial charge in [0, 0.05) is 27.5 Å². The molecule has 11 rings (SSSR count). The maximum absolute atomic E-state index is 6.74. The molecule has 256 valence electrons. The Morgan fingerprint density at radius 2 is 0.873 bits per heavy atom. The quantitative estimate of drug-likeness (QED) is 0.179. The third-order valence-electron chi connectivity index (χ3n) is 10.7. The van der Waals surface area contributed by atoms with E-state index < -0.39 is 0 Å². The third-order valence-corrected chi connectivity index (χ3v) is 10.7. The third kappa shape index (κ3) is 5.43. The van der Waals surface area contributed by atoms with Crippen molar-refractivity contribution in [3.05, 3.63) is 188 Å². The highest BCUT2D eigenvalue weighted by Gasteiger charge is 2.21. The fourth-order valence-corrected chi connectivity index (χ4v) is 7.92. The van der Waals surface area contributed by atoms with Crippen LogP contribution < -0.4 is 0 Å². The van der Waals surface area contributed by atoms with E-state index in [1.807, 2.05) is 30.3 Å². The van der Waals surface area contributed by atoms with Crippen LogP contribution in [0.5, 0.6) is 0 Å². The van der Waals surface area contributed by atoms with Gasteiger partial charge in [0.15, 0.2) is 17.5 Å². The fourth-order valence-electron chi connectivity index (χ4n) is 7.92. The van der Waals surface area contributed by atoms with Gasteiger partial charge in [-0.3, -0.25) is 0 Å². The number of hydrogen-bond acceptors (Lipinski definition) is 4. The van der Waals surface area contributed by atoms with Crippen LogP contribution in [0.2, 0.25) is 0 Å². The smallest absolute Gasteiger partial charge is 0.164 e. The molecule has 2 heterocycles. The second kappa shape index (κ2) is 12.6. The van der Waals surface area contributed by atoms with Crippen LogP contribution in [0.25, 0.3) is 111 Å². The van der Waals surface area contributed by atoms with Crippen LogP contribution in [0, 0.1) is 0 Å². The molecule has 0 fully saturated rings. The van der Waals surface area contributed by atoms with Gasteiger partial charge in [0.25, 0.3) is 0 Å². The van der Waals surface area contributed by atoms with Gasteiger partial charge in [-0.2, -0.15) is 0 Å². The largest absolute Gasteiger partial charge is 0.456 e. The summed E-state index contributed by atoms with van der Waals surface area (Å²) in [5, 5.41) is 9.08. The van der Waals surface area contributed by atoms with Gasteiger partial charge in [-0.05, 0) is 84.9 Å². The SMILES string of the molecule is c1ccc(-c2nc(-c3ccc(-c4ccc5ccccc5c4)cc3)nc(-c3cc(-c4cccc5ccccc45)cc4oc5cc6ccccc6cc5c34)n2)cc1. The topological polar surface area (TPSA) is 51.8 Å². The van der Waals surface area contributed by atoms with Crippen molar-refractivity contribution in [2.75, 3.05) is 0 Å². The molecule has 0 spiro atoms. The average molecular weight is 702 g/mol.